The molecule has 9 heteroatoms. The first kappa shape index (κ1) is 22.3. The maximum atomic E-state index is 13.4. The van der Waals surface area contributed by atoms with Crippen molar-refractivity contribution in [3.8, 4) is 5.75 Å². The highest BCUT2D eigenvalue weighted by Gasteiger charge is 2.46. The number of esters is 1. The van der Waals surface area contributed by atoms with Crippen LogP contribution in [0.1, 0.15) is 42.3 Å². The molecule has 0 fully saturated rings. The molecule has 0 bridgehead atoms. The van der Waals surface area contributed by atoms with Gasteiger partial charge in [-0.25, -0.2) is 19.1 Å². The van der Waals surface area contributed by atoms with E-state index >= 15 is 0 Å². The highest BCUT2D eigenvalue weighted by molar-refractivity contribution is 6.10. The van der Waals surface area contributed by atoms with Gasteiger partial charge in [-0.3, -0.25) is 4.79 Å². The number of phenolic OH excluding ortho intramolecular Hbond substituents is 1. The third-order valence-corrected chi connectivity index (χ3v) is 5.55. The van der Waals surface area contributed by atoms with E-state index in [0.717, 1.165) is 15.7 Å². The summed E-state index contributed by atoms with van der Waals surface area (Å²) in [5.41, 5.74) is 0.0594. The zero-order valence-corrected chi connectivity index (χ0v) is 18.8. The molecule has 0 radical (unpaired) electrons. The van der Waals surface area contributed by atoms with Gasteiger partial charge in [-0.2, -0.15) is 0 Å². The molecule has 1 aromatic heterocycles. The lowest BCUT2D eigenvalue weighted by molar-refractivity contribution is -0.147. The molecule has 4 rings (SSSR count). The molecule has 0 atom stereocenters. The second-order valence-electron chi connectivity index (χ2n) is 9.07. The molecule has 1 heterocycles. The minimum atomic E-state index is -1.32. The number of carbonyl (C=O) groups excluding carboxylic acids is 3. The van der Waals surface area contributed by atoms with Crippen LogP contribution in [0.4, 0.5) is 4.79 Å². The van der Waals surface area contributed by atoms with Gasteiger partial charge >= 0.3 is 12.1 Å². The van der Waals surface area contributed by atoms with Crippen molar-refractivity contribution in [3.05, 3.63) is 59.4 Å². The quantitative estimate of drug-likeness (QED) is 0.588. The zero-order chi connectivity index (χ0) is 24.0. The van der Waals surface area contributed by atoms with Crippen molar-refractivity contribution < 1.29 is 29.0 Å². The molecule has 0 spiro atoms. The predicted octanol–water partition coefficient (Wildman–Crippen LogP) is 2.97. The molecule has 1 amide bonds. The average molecular weight is 451 g/mol. The number of nitrogens with zero attached hydrogens (tertiary/aromatic N) is 2. The highest BCUT2D eigenvalue weighted by Crippen LogP contribution is 2.33. The number of carbonyl (C=O) groups is 3. The van der Waals surface area contributed by atoms with Crippen LogP contribution in [0.25, 0.3) is 11.0 Å². The largest absolute Gasteiger partial charge is 0.507 e. The van der Waals surface area contributed by atoms with Gasteiger partial charge in [-0.05, 0) is 44.0 Å². The highest BCUT2D eigenvalue weighted by atomic mass is 16.6. The molecular weight excluding hydrogens is 426 g/mol. The van der Waals surface area contributed by atoms with Gasteiger partial charge in [-0.1, -0.05) is 24.3 Å². The number of methoxy groups -OCH3 is 1. The lowest BCUT2D eigenvalue weighted by Gasteiger charge is -2.27. The molecule has 1 aliphatic carbocycles. The van der Waals surface area contributed by atoms with Crippen LogP contribution in [0.5, 0.6) is 5.75 Å². The zero-order valence-electron chi connectivity index (χ0n) is 18.8. The molecule has 33 heavy (non-hydrogen) atoms. The second kappa shape index (κ2) is 7.91. The van der Waals surface area contributed by atoms with Crippen LogP contribution in [0, 0.1) is 0 Å². The standard InChI is InChI=1S/C24H25N3O6/c1-23(2,3)33-22(31)27-13-25-19-16(27)9-10-17(28)18(19)20(29)26-24(21(30)32-4)11-14-7-5-6-8-15(14)12-24/h5-10,13,28H,11-12H2,1-4H3,(H,26,29). The number of amides is 1. The van der Waals surface area contributed by atoms with Crippen LogP contribution in [-0.2, 0) is 27.1 Å². The number of aromatic nitrogens is 2. The maximum absolute atomic E-state index is 13.4. The number of benzene rings is 2. The minimum absolute atomic E-state index is 0.105. The molecule has 0 saturated heterocycles. The van der Waals surface area contributed by atoms with Crippen molar-refractivity contribution in [2.24, 2.45) is 0 Å². The summed E-state index contributed by atoms with van der Waals surface area (Å²) in [6, 6.07) is 10.3. The molecule has 9 nitrogen and oxygen atoms in total. The number of rotatable bonds is 3. The summed E-state index contributed by atoms with van der Waals surface area (Å²) in [5.74, 6) is -1.62. The van der Waals surface area contributed by atoms with E-state index in [1.807, 2.05) is 24.3 Å². The maximum Gasteiger partial charge on any atom is 0.420 e. The number of hydrogen-bond donors (Lipinski definition) is 2. The van der Waals surface area contributed by atoms with Crippen LogP contribution in [0.2, 0.25) is 0 Å². The SMILES string of the molecule is COC(=O)C1(NC(=O)c2c(O)ccc3c2ncn3C(=O)OC(C)(C)C)Cc2ccccc2C1. The van der Waals surface area contributed by atoms with Gasteiger partial charge in [0.2, 0.25) is 0 Å². The molecule has 2 aromatic carbocycles. The van der Waals surface area contributed by atoms with E-state index in [2.05, 4.69) is 10.3 Å². The molecular formula is C24H25N3O6. The molecule has 2 N–H and O–H groups in total. The summed E-state index contributed by atoms with van der Waals surface area (Å²) < 4.78 is 11.6. The molecule has 172 valence electrons. The number of fused-ring (bicyclic) bond motifs is 2. The van der Waals surface area contributed by atoms with Crippen molar-refractivity contribution >= 4 is 29.0 Å². The van der Waals surface area contributed by atoms with Gasteiger partial charge in [0.15, 0.2) is 0 Å². The lowest BCUT2D eigenvalue weighted by Crippen LogP contribution is -2.56. The fraction of sp³-hybridized carbons (Fsp3) is 0.333. The Labute approximate surface area is 190 Å². The van der Waals surface area contributed by atoms with Gasteiger partial charge in [0.1, 0.15) is 34.3 Å². The summed E-state index contributed by atoms with van der Waals surface area (Å²) in [6.07, 6.45) is 1.07. The number of hydrogen-bond acceptors (Lipinski definition) is 7. The van der Waals surface area contributed by atoms with E-state index in [1.54, 1.807) is 20.8 Å². The van der Waals surface area contributed by atoms with Gasteiger partial charge < -0.3 is 19.9 Å². The van der Waals surface area contributed by atoms with E-state index in [1.165, 1.54) is 25.6 Å². The van der Waals surface area contributed by atoms with Crippen molar-refractivity contribution in [2.45, 2.75) is 44.8 Å². The monoisotopic (exact) mass is 451 g/mol. The fourth-order valence-electron chi connectivity index (χ4n) is 4.13. The van der Waals surface area contributed by atoms with Crippen LogP contribution in [-0.4, -0.2) is 50.9 Å². The first-order valence-electron chi connectivity index (χ1n) is 10.4. The Hall–Kier alpha value is -3.88. The van der Waals surface area contributed by atoms with Gasteiger partial charge in [-0.15, -0.1) is 0 Å². The molecule has 0 saturated carbocycles. The predicted molar refractivity (Wildman–Crippen MR) is 119 cm³/mol. The minimum Gasteiger partial charge on any atom is -0.507 e. The Morgan fingerprint density at radius 1 is 1.09 bits per heavy atom. The van der Waals surface area contributed by atoms with E-state index in [0.29, 0.717) is 0 Å². The summed E-state index contributed by atoms with van der Waals surface area (Å²) in [6.45, 7) is 5.21. The number of imidazole rings is 1. The number of phenols is 1. The molecule has 1 aliphatic rings. The Balaban J connectivity index is 1.71. The van der Waals surface area contributed by atoms with E-state index < -0.39 is 29.1 Å². The van der Waals surface area contributed by atoms with Crippen molar-refractivity contribution in [3.63, 3.8) is 0 Å². The van der Waals surface area contributed by atoms with Gasteiger partial charge in [0, 0.05) is 12.8 Å². The number of aromatic hydroxyl groups is 1. The molecule has 3 aromatic rings. The summed E-state index contributed by atoms with van der Waals surface area (Å²) in [7, 11) is 1.26. The average Bonchev–Trinajstić information content (AvgIpc) is 3.33. The topological polar surface area (TPSA) is 120 Å². The summed E-state index contributed by atoms with van der Waals surface area (Å²) in [4.78, 5) is 42.9. The molecule has 0 unspecified atom stereocenters. The first-order valence-corrected chi connectivity index (χ1v) is 10.4. The van der Waals surface area contributed by atoms with E-state index in [4.69, 9.17) is 9.47 Å². The van der Waals surface area contributed by atoms with Crippen LogP contribution in [0.15, 0.2) is 42.7 Å². The first-order chi connectivity index (χ1) is 15.5. The molecule has 0 aliphatic heterocycles. The summed E-state index contributed by atoms with van der Waals surface area (Å²) >= 11 is 0. The van der Waals surface area contributed by atoms with Crippen molar-refractivity contribution in [1.82, 2.24) is 14.9 Å². The van der Waals surface area contributed by atoms with E-state index in [9.17, 15) is 19.5 Å². The second-order valence-corrected chi connectivity index (χ2v) is 9.07. The third-order valence-electron chi connectivity index (χ3n) is 5.55. The third kappa shape index (κ3) is 4.02. The van der Waals surface area contributed by atoms with Crippen LogP contribution < -0.4 is 5.32 Å². The van der Waals surface area contributed by atoms with Gasteiger partial charge in [0.05, 0.1) is 12.6 Å². The van der Waals surface area contributed by atoms with Crippen LogP contribution in [0.3, 0.4) is 0 Å². The van der Waals surface area contributed by atoms with Crippen molar-refractivity contribution in [1.29, 1.82) is 0 Å². The summed E-state index contributed by atoms with van der Waals surface area (Å²) in [5, 5.41) is 13.3. The Kier molecular flexibility index (Phi) is 5.35. The van der Waals surface area contributed by atoms with Crippen LogP contribution >= 0.6 is 0 Å². The Bertz CT molecular complexity index is 1250. The smallest absolute Gasteiger partial charge is 0.420 e. The van der Waals surface area contributed by atoms with E-state index in [-0.39, 0.29) is 35.2 Å². The van der Waals surface area contributed by atoms with Crippen molar-refractivity contribution in [2.75, 3.05) is 7.11 Å². The number of ether oxygens (including phenoxy) is 2. The Morgan fingerprint density at radius 3 is 2.30 bits per heavy atom. The fourth-order valence-corrected chi connectivity index (χ4v) is 4.13. The Morgan fingerprint density at radius 2 is 1.73 bits per heavy atom. The van der Waals surface area contributed by atoms with Gasteiger partial charge in [0.25, 0.3) is 5.91 Å². The normalized spacial score (nSPS) is 14.5. The lowest BCUT2D eigenvalue weighted by atomic mass is 9.94. The number of nitrogens with one attached hydrogen (secondary N) is 1.